The molecule has 1 aliphatic heterocycles. The van der Waals surface area contributed by atoms with Crippen LogP contribution < -0.4 is 11.1 Å². The number of rotatable bonds is 6. The first-order chi connectivity index (χ1) is 16.4. The summed E-state index contributed by atoms with van der Waals surface area (Å²) in [6.07, 6.45) is 7.72. The Bertz CT molecular complexity index is 1470. The van der Waals surface area contributed by atoms with Crippen molar-refractivity contribution in [1.82, 2.24) is 9.97 Å². The first-order valence-electron chi connectivity index (χ1n) is 11.2. The van der Waals surface area contributed by atoms with E-state index in [4.69, 9.17) is 11.0 Å². The predicted molar refractivity (Wildman–Crippen MR) is 135 cm³/mol. The lowest BCUT2D eigenvalue weighted by Crippen LogP contribution is -2.59. The lowest BCUT2D eigenvalue weighted by atomic mass is 9.91. The summed E-state index contributed by atoms with van der Waals surface area (Å²) in [5.41, 5.74) is 6.16. The molecule has 1 aliphatic carbocycles. The zero-order chi connectivity index (χ0) is 25.6. The van der Waals surface area contributed by atoms with E-state index in [1.165, 1.54) is 12.3 Å². The van der Waals surface area contributed by atoms with Crippen LogP contribution in [0.4, 0.5) is 10.2 Å². The van der Waals surface area contributed by atoms with Crippen molar-refractivity contribution in [3.63, 3.8) is 0 Å². The molecule has 8 nitrogen and oxygen atoms in total. The quantitative estimate of drug-likeness (QED) is 0.581. The average Bonchev–Trinajstić information content (AvgIpc) is 3.64. The van der Waals surface area contributed by atoms with Gasteiger partial charge in [0.15, 0.2) is 15.7 Å². The Kier molecular flexibility index (Phi) is 6.01. The highest BCUT2D eigenvalue weighted by Gasteiger charge is 2.59. The number of pyridine rings is 2. The van der Waals surface area contributed by atoms with Gasteiger partial charge >= 0.3 is 0 Å². The molecule has 0 amide bonds. The number of hydrogen-bond donors (Lipinski definition) is 2. The minimum Gasteiger partial charge on any atom is -0.386 e. The normalized spacial score (nSPS) is 26.7. The second-order valence-corrected chi connectivity index (χ2v) is 11.7. The van der Waals surface area contributed by atoms with Crippen LogP contribution in [0.15, 0.2) is 65.3 Å². The summed E-state index contributed by atoms with van der Waals surface area (Å²) < 4.78 is 40.3. The standard InChI is InChI=1S/C25H27FN6O2S/c1-5-19(31-22-21-17(8-9-29-22)10-16(12-27)13-30-21)11-20(15(2)26)24(3)14-35(33,34)25(4,18-6-7-18)23(28)32-24/h5,8-11,13,18H,2,6-7,14H2,1,3-4H3,(H2,28,32)(H,29,31)/b19-5+,20-11+/t24-,25-/m0/s1. The maximum atomic E-state index is 14.8. The lowest BCUT2D eigenvalue weighted by Gasteiger charge is -2.40. The third kappa shape index (κ3) is 4.21. The molecule has 182 valence electrons. The predicted octanol–water partition coefficient (Wildman–Crippen LogP) is 3.94. The summed E-state index contributed by atoms with van der Waals surface area (Å²) in [4.78, 5) is 13.2. The Morgan fingerprint density at radius 3 is 2.66 bits per heavy atom. The molecule has 35 heavy (non-hydrogen) atoms. The van der Waals surface area contributed by atoms with E-state index in [9.17, 15) is 12.8 Å². The number of nitriles is 1. The molecule has 3 N–H and O–H groups in total. The van der Waals surface area contributed by atoms with Crippen molar-refractivity contribution < 1.29 is 12.8 Å². The maximum absolute atomic E-state index is 14.8. The molecule has 0 unspecified atom stereocenters. The monoisotopic (exact) mass is 494 g/mol. The molecule has 2 aromatic rings. The molecule has 4 rings (SSSR count). The first kappa shape index (κ1) is 24.5. The number of nitrogens with zero attached hydrogens (tertiary/aromatic N) is 4. The van der Waals surface area contributed by atoms with Gasteiger partial charge in [-0.25, -0.2) is 17.8 Å². The van der Waals surface area contributed by atoms with E-state index in [1.54, 1.807) is 45.2 Å². The van der Waals surface area contributed by atoms with Crippen molar-refractivity contribution in [3.8, 4) is 6.07 Å². The van der Waals surface area contributed by atoms with E-state index in [-0.39, 0.29) is 23.1 Å². The van der Waals surface area contributed by atoms with Crippen molar-refractivity contribution >= 4 is 32.4 Å². The molecular weight excluding hydrogens is 467 g/mol. The number of aromatic nitrogens is 2. The van der Waals surface area contributed by atoms with Gasteiger partial charge in [0.1, 0.15) is 33.5 Å². The highest BCUT2D eigenvalue weighted by molar-refractivity contribution is 7.93. The van der Waals surface area contributed by atoms with Crippen molar-refractivity contribution in [3.05, 3.63) is 65.9 Å². The summed E-state index contributed by atoms with van der Waals surface area (Å²) in [6.45, 7) is 8.35. The van der Waals surface area contributed by atoms with Gasteiger partial charge in [0.2, 0.25) is 0 Å². The molecule has 0 saturated heterocycles. The number of allylic oxidation sites excluding steroid dienone is 2. The number of sulfone groups is 1. The molecule has 0 radical (unpaired) electrons. The Morgan fingerprint density at radius 2 is 2.09 bits per heavy atom. The molecule has 1 saturated carbocycles. The van der Waals surface area contributed by atoms with Gasteiger partial charge in [-0.1, -0.05) is 12.7 Å². The van der Waals surface area contributed by atoms with Gasteiger partial charge in [0.25, 0.3) is 0 Å². The van der Waals surface area contributed by atoms with Crippen LogP contribution >= 0.6 is 0 Å². The molecule has 0 bridgehead atoms. The van der Waals surface area contributed by atoms with Gasteiger partial charge in [-0.3, -0.25) is 9.98 Å². The number of halogens is 1. The van der Waals surface area contributed by atoms with Crippen molar-refractivity contribution in [1.29, 1.82) is 5.26 Å². The van der Waals surface area contributed by atoms with Crippen LogP contribution in [0.3, 0.4) is 0 Å². The topological polar surface area (TPSA) is 134 Å². The van der Waals surface area contributed by atoms with Crippen molar-refractivity contribution in [2.75, 3.05) is 11.1 Å². The molecule has 3 heterocycles. The molecule has 2 atom stereocenters. The minimum atomic E-state index is -3.73. The van der Waals surface area contributed by atoms with Gasteiger partial charge in [0, 0.05) is 29.1 Å². The molecular formula is C25H27FN6O2S. The summed E-state index contributed by atoms with van der Waals surface area (Å²) in [5, 5.41) is 13.0. The molecule has 0 aromatic carbocycles. The van der Waals surface area contributed by atoms with Crippen LogP contribution in [-0.4, -0.2) is 40.3 Å². The second kappa shape index (κ2) is 8.57. The molecule has 2 aromatic heterocycles. The summed E-state index contributed by atoms with van der Waals surface area (Å²) >= 11 is 0. The fourth-order valence-corrected chi connectivity index (χ4v) is 6.91. The SMILES string of the molecule is C=C(F)/C(=C\C(=C/C)Nc1nccc2cc(C#N)cnc12)[C@]1(C)CS(=O)(=O)[C@@](C)(C2CC2)C(N)=N1. The van der Waals surface area contributed by atoms with Crippen LogP contribution in [0.1, 0.15) is 39.2 Å². The van der Waals surface area contributed by atoms with E-state index >= 15 is 0 Å². The summed E-state index contributed by atoms with van der Waals surface area (Å²) in [7, 11) is -3.73. The number of nitrogens with one attached hydrogen (secondary N) is 1. The third-order valence-corrected chi connectivity index (χ3v) is 9.60. The van der Waals surface area contributed by atoms with Gasteiger partial charge in [-0.2, -0.15) is 5.26 Å². The number of hydrogen-bond acceptors (Lipinski definition) is 8. The van der Waals surface area contributed by atoms with Gasteiger partial charge in [0.05, 0.1) is 11.3 Å². The average molecular weight is 495 g/mol. The minimum absolute atomic E-state index is 0.00225. The number of anilines is 1. The van der Waals surface area contributed by atoms with E-state index in [0.29, 0.717) is 28.0 Å². The number of nitrogens with two attached hydrogens (primary N) is 1. The zero-order valence-electron chi connectivity index (χ0n) is 19.8. The number of aliphatic imine (C=N–C) groups is 1. The van der Waals surface area contributed by atoms with Crippen LogP contribution in [0.5, 0.6) is 0 Å². The Balaban J connectivity index is 1.75. The molecule has 0 spiro atoms. The van der Waals surface area contributed by atoms with Gasteiger partial charge < -0.3 is 11.1 Å². The van der Waals surface area contributed by atoms with E-state index in [0.717, 1.165) is 12.8 Å². The van der Waals surface area contributed by atoms with Crippen LogP contribution in [0.2, 0.25) is 0 Å². The Morgan fingerprint density at radius 1 is 1.37 bits per heavy atom. The van der Waals surface area contributed by atoms with Crippen molar-refractivity contribution in [2.45, 2.75) is 43.9 Å². The van der Waals surface area contributed by atoms with E-state index in [2.05, 4.69) is 26.9 Å². The third-order valence-electron chi connectivity index (χ3n) is 6.82. The maximum Gasteiger partial charge on any atom is 0.165 e. The summed E-state index contributed by atoms with van der Waals surface area (Å²) in [5.74, 6) is -0.862. The second-order valence-electron chi connectivity index (χ2n) is 9.31. The zero-order valence-corrected chi connectivity index (χ0v) is 20.7. The fourth-order valence-electron chi connectivity index (χ4n) is 4.55. The molecule has 10 heteroatoms. The van der Waals surface area contributed by atoms with E-state index < -0.39 is 26.0 Å². The largest absolute Gasteiger partial charge is 0.386 e. The van der Waals surface area contributed by atoms with Gasteiger partial charge in [-0.05, 0) is 57.7 Å². The van der Waals surface area contributed by atoms with Crippen LogP contribution in [0.25, 0.3) is 10.9 Å². The highest BCUT2D eigenvalue weighted by atomic mass is 32.2. The van der Waals surface area contributed by atoms with E-state index in [1.807, 2.05) is 6.07 Å². The highest BCUT2D eigenvalue weighted by Crippen LogP contribution is 2.49. The number of fused-ring (bicyclic) bond motifs is 1. The van der Waals surface area contributed by atoms with Gasteiger partial charge in [-0.15, -0.1) is 0 Å². The molecule has 1 fully saturated rings. The Labute approximate surface area is 204 Å². The molecule has 2 aliphatic rings. The van der Waals surface area contributed by atoms with Crippen LogP contribution in [-0.2, 0) is 9.84 Å². The lowest BCUT2D eigenvalue weighted by molar-refractivity contribution is 0.495. The Hall–Kier alpha value is -3.58. The summed E-state index contributed by atoms with van der Waals surface area (Å²) in [6, 6.07) is 5.47. The smallest absolute Gasteiger partial charge is 0.165 e. The fraction of sp³-hybridized carbons (Fsp3) is 0.360. The van der Waals surface area contributed by atoms with Crippen LogP contribution in [0, 0.1) is 17.2 Å². The first-order valence-corrected chi connectivity index (χ1v) is 12.8. The number of amidine groups is 1. The van der Waals surface area contributed by atoms with Crippen molar-refractivity contribution in [2.24, 2.45) is 16.6 Å².